The lowest BCUT2D eigenvalue weighted by atomic mass is 10.2. The lowest BCUT2D eigenvalue weighted by Gasteiger charge is -2.10. The van der Waals surface area contributed by atoms with Crippen LogP contribution in [-0.2, 0) is 13.1 Å². The van der Waals surface area contributed by atoms with Crippen molar-refractivity contribution in [3.05, 3.63) is 60.1 Å². The van der Waals surface area contributed by atoms with Crippen LogP contribution in [-0.4, -0.2) is 16.1 Å². The maximum Gasteiger partial charge on any atom is 0.105 e. The van der Waals surface area contributed by atoms with Gasteiger partial charge >= 0.3 is 0 Å². The van der Waals surface area contributed by atoms with Gasteiger partial charge in [-0.1, -0.05) is 30.3 Å². The van der Waals surface area contributed by atoms with E-state index in [1.54, 1.807) is 0 Å². The molecule has 1 aromatic heterocycles. The molecule has 24 heavy (non-hydrogen) atoms. The van der Waals surface area contributed by atoms with Crippen molar-refractivity contribution in [2.75, 3.05) is 6.54 Å². The Hall–Kier alpha value is -0.210. The standard InChI is InChI=1S/C17H15Br4N3/c18-12-13(19)15(21)17-16(14(12)20)23-10-24(17)8-4-7-22-9-11-5-2-1-3-6-11/h1-3,5-6,10,22H,4,7-9H2. The van der Waals surface area contributed by atoms with Crippen LogP contribution in [0.2, 0.25) is 0 Å². The third-order valence-corrected chi connectivity index (χ3v) is 8.48. The van der Waals surface area contributed by atoms with Crippen molar-refractivity contribution in [3.8, 4) is 0 Å². The first-order chi connectivity index (χ1) is 11.6. The van der Waals surface area contributed by atoms with Gasteiger partial charge in [-0.15, -0.1) is 0 Å². The van der Waals surface area contributed by atoms with Gasteiger partial charge in [0.2, 0.25) is 0 Å². The summed E-state index contributed by atoms with van der Waals surface area (Å²) in [5.41, 5.74) is 3.36. The fourth-order valence-corrected chi connectivity index (χ4v) is 4.95. The van der Waals surface area contributed by atoms with Crippen LogP contribution in [0.5, 0.6) is 0 Å². The number of nitrogens with zero attached hydrogens (tertiary/aromatic N) is 2. The molecule has 0 aliphatic rings. The molecule has 0 fully saturated rings. The molecular weight excluding hydrogens is 566 g/mol. The summed E-state index contributed by atoms with van der Waals surface area (Å²) in [5.74, 6) is 0. The number of hydrogen-bond donors (Lipinski definition) is 1. The SMILES string of the molecule is Brc1c(Br)c(Br)c2c(ncn2CCCNCc2ccccc2)c1Br. The summed E-state index contributed by atoms with van der Waals surface area (Å²) in [4.78, 5) is 4.54. The summed E-state index contributed by atoms with van der Waals surface area (Å²) >= 11 is 14.5. The first-order valence-electron chi connectivity index (χ1n) is 7.51. The zero-order valence-electron chi connectivity index (χ0n) is 12.7. The molecule has 2 aromatic carbocycles. The molecule has 1 N–H and O–H groups in total. The minimum Gasteiger partial charge on any atom is -0.330 e. The number of halogens is 4. The van der Waals surface area contributed by atoms with Crippen molar-refractivity contribution in [1.82, 2.24) is 14.9 Å². The maximum atomic E-state index is 4.54. The van der Waals surface area contributed by atoms with Gasteiger partial charge in [-0.2, -0.15) is 0 Å². The van der Waals surface area contributed by atoms with Gasteiger partial charge in [0.15, 0.2) is 0 Å². The van der Waals surface area contributed by atoms with Gasteiger partial charge in [-0.05, 0) is 82.2 Å². The van der Waals surface area contributed by atoms with Crippen molar-refractivity contribution in [1.29, 1.82) is 0 Å². The molecule has 1 heterocycles. The van der Waals surface area contributed by atoms with Crippen molar-refractivity contribution in [2.24, 2.45) is 0 Å². The first-order valence-corrected chi connectivity index (χ1v) is 10.7. The van der Waals surface area contributed by atoms with E-state index in [0.717, 1.165) is 55.0 Å². The molecule has 0 radical (unpaired) electrons. The number of fused-ring (bicyclic) bond motifs is 1. The van der Waals surface area contributed by atoms with Crippen LogP contribution in [0.1, 0.15) is 12.0 Å². The van der Waals surface area contributed by atoms with Gasteiger partial charge in [-0.25, -0.2) is 4.98 Å². The van der Waals surface area contributed by atoms with Crippen molar-refractivity contribution < 1.29 is 0 Å². The fourth-order valence-electron chi connectivity index (χ4n) is 2.55. The molecule has 126 valence electrons. The number of hydrogen-bond acceptors (Lipinski definition) is 2. The smallest absolute Gasteiger partial charge is 0.105 e. The predicted octanol–water partition coefficient (Wildman–Crippen LogP) is 6.27. The van der Waals surface area contributed by atoms with Gasteiger partial charge < -0.3 is 9.88 Å². The van der Waals surface area contributed by atoms with Gasteiger partial charge in [0.05, 0.1) is 20.8 Å². The van der Waals surface area contributed by atoms with E-state index in [1.807, 2.05) is 12.4 Å². The van der Waals surface area contributed by atoms with E-state index < -0.39 is 0 Å². The van der Waals surface area contributed by atoms with Gasteiger partial charge in [0, 0.05) is 22.0 Å². The summed E-state index contributed by atoms with van der Waals surface area (Å²) in [5, 5.41) is 3.49. The van der Waals surface area contributed by atoms with E-state index in [9.17, 15) is 0 Å². The molecular formula is C17H15Br4N3. The highest BCUT2D eigenvalue weighted by Gasteiger charge is 2.17. The van der Waals surface area contributed by atoms with Crippen LogP contribution in [0.4, 0.5) is 0 Å². The maximum absolute atomic E-state index is 4.54. The van der Waals surface area contributed by atoms with Gasteiger partial charge in [0.1, 0.15) is 5.52 Å². The molecule has 0 spiro atoms. The number of nitrogens with one attached hydrogen (secondary N) is 1. The normalized spacial score (nSPS) is 11.3. The van der Waals surface area contributed by atoms with E-state index in [2.05, 4.69) is 103 Å². The molecule has 0 atom stereocenters. The van der Waals surface area contributed by atoms with E-state index in [0.29, 0.717) is 0 Å². The zero-order valence-corrected chi connectivity index (χ0v) is 19.0. The Balaban J connectivity index is 1.64. The molecule has 3 nitrogen and oxygen atoms in total. The Morgan fingerprint density at radius 2 is 1.62 bits per heavy atom. The fraction of sp³-hybridized carbons (Fsp3) is 0.235. The van der Waals surface area contributed by atoms with E-state index in [-0.39, 0.29) is 0 Å². The Kier molecular flexibility index (Phi) is 6.54. The molecule has 0 aliphatic carbocycles. The summed E-state index contributed by atoms with van der Waals surface area (Å²) in [7, 11) is 0. The number of imidazole rings is 1. The van der Waals surface area contributed by atoms with Crippen LogP contribution in [0.15, 0.2) is 54.6 Å². The topological polar surface area (TPSA) is 29.9 Å². The molecule has 3 rings (SSSR count). The molecule has 0 bridgehead atoms. The van der Waals surface area contributed by atoms with E-state index in [1.165, 1.54) is 5.56 Å². The number of rotatable bonds is 6. The van der Waals surface area contributed by atoms with E-state index in [4.69, 9.17) is 0 Å². The molecule has 3 aromatic rings. The summed E-state index contributed by atoms with van der Waals surface area (Å²) in [6.45, 7) is 2.78. The van der Waals surface area contributed by atoms with Crippen LogP contribution in [0, 0.1) is 0 Å². The first kappa shape index (κ1) is 18.6. The largest absolute Gasteiger partial charge is 0.330 e. The predicted molar refractivity (Wildman–Crippen MR) is 113 cm³/mol. The Bertz CT molecular complexity index is 846. The monoisotopic (exact) mass is 577 g/mol. The minimum absolute atomic E-state index is 0.902. The average molecular weight is 581 g/mol. The molecule has 0 saturated carbocycles. The van der Waals surface area contributed by atoms with Crippen molar-refractivity contribution >= 4 is 74.8 Å². The van der Waals surface area contributed by atoms with Crippen molar-refractivity contribution in [3.63, 3.8) is 0 Å². The number of aromatic nitrogens is 2. The second-order valence-electron chi connectivity index (χ2n) is 5.41. The molecule has 0 amide bonds. The Morgan fingerprint density at radius 3 is 2.38 bits per heavy atom. The summed E-state index contributed by atoms with van der Waals surface area (Å²) in [6.07, 6.45) is 2.94. The summed E-state index contributed by atoms with van der Waals surface area (Å²) in [6, 6.07) is 10.5. The van der Waals surface area contributed by atoms with Gasteiger partial charge in [-0.3, -0.25) is 0 Å². The second-order valence-corrected chi connectivity index (χ2v) is 8.58. The van der Waals surface area contributed by atoms with Crippen LogP contribution in [0.25, 0.3) is 11.0 Å². The van der Waals surface area contributed by atoms with Crippen LogP contribution < -0.4 is 5.32 Å². The highest BCUT2D eigenvalue weighted by atomic mass is 79.9. The Morgan fingerprint density at radius 1 is 0.917 bits per heavy atom. The molecule has 0 aliphatic heterocycles. The van der Waals surface area contributed by atoms with Crippen LogP contribution >= 0.6 is 63.7 Å². The number of aryl methyl sites for hydroxylation is 1. The van der Waals surface area contributed by atoms with Crippen LogP contribution in [0.3, 0.4) is 0 Å². The zero-order chi connectivity index (χ0) is 17.1. The molecule has 0 unspecified atom stereocenters. The third kappa shape index (κ3) is 3.96. The third-order valence-electron chi connectivity index (χ3n) is 3.76. The lowest BCUT2D eigenvalue weighted by molar-refractivity contribution is 0.588. The number of benzene rings is 2. The second kappa shape index (κ2) is 8.45. The minimum atomic E-state index is 0.902. The molecule has 0 saturated heterocycles. The quantitative estimate of drug-likeness (QED) is 0.212. The van der Waals surface area contributed by atoms with Crippen molar-refractivity contribution in [2.45, 2.75) is 19.5 Å². The van der Waals surface area contributed by atoms with E-state index >= 15 is 0 Å². The highest BCUT2D eigenvalue weighted by Crippen LogP contribution is 2.42. The molecule has 7 heteroatoms. The Labute approximate surface area is 174 Å². The lowest BCUT2D eigenvalue weighted by Crippen LogP contribution is -2.16. The summed E-state index contributed by atoms with van der Waals surface area (Å²) < 4.78 is 6.13. The highest BCUT2D eigenvalue weighted by molar-refractivity contribution is 9.15. The van der Waals surface area contributed by atoms with Gasteiger partial charge in [0.25, 0.3) is 0 Å². The average Bonchev–Trinajstić information content (AvgIpc) is 3.03.